The van der Waals surface area contributed by atoms with E-state index in [-0.39, 0.29) is 5.39 Å². The van der Waals surface area contributed by atoms with Crippen LogP contribution in [-0.4, -0.2) is 51.6 Å². The van der Waals surface area contributed by atoms with Crippen LogP contribution in [0.25, 0.3) is 16.6 Å². The highest BCUT2D eigenvalue weighted by Gasteiger charge is 2.23. The molecule has 0 atom stereocenters. The van der Waals surface area contributed by atoms with Gasteiger partial charge in [0.05, 0.1) is 29.1 Å². The van der Waals surface area contributed by atoms with Crippen LogP contribution >= 0.6 is 0 Å². The van der Waals surface area contributed by atoms with Gasteiger partial charge >= 0.3 is 6.16 Å². The summed E-state index contributed by atoms with van der Waals surface area (Å²) in [6, 6.07) is 20.5. The SMILES string of the molecule is O=C(O)Oc1cn(-c2ccc(Cn3ccnc3)cc2)c2cc(N3CCN(c4ccccc4)CC3)c(F)cc2c1=O. The molecule has 5 aromatic rings. The van der Waals surface area contributed by atoms with Crippen molar-refractivity contribution in [3.63, 3.8) is 0 Å². The minimum absolute atomic E-state index is 0.0328. The lowest BCUT2D eigenvalue weighted by Gasteiger charge is -2.37. The Morgan fingerprint density at radius 2 is 1.68 bits per heavy atom. The second-order valence-corrected chi connectivity index (χ2v) is 9.59. The van der Waals surface area contributed by atoms with E-state index in [1.807, 2.05) is 58.1 Å². The largest absolute Gasteiger partial charge is 0.511 e. The van der Waals surface area contributed by atoms with Gasteiger partial charge in [0.1, 0.15) is 5.82 Å². The van der Waals surface area contributed by atoms with Gasteiger partial charge in [-0.05, 0) is 42.0 Å². The number of anilines is 2. The van der Waals surface area contributed by atoms with Crippen molar-refractivity contribution in [3.8, 4) is 11.4 Å². The molecule has 10 heteroatoms. The van der Waals surface area contributed by atoms with Gasteiger partial charge in [-0.2, -0.15) is 0 Å². The fraction of sp³-hybridized carbons (Fsp3) is 0.167. The fourth-order valence-corrected chi connectivity index (χ4v) is 5.13. The first-order chi connectivity index (χ1) is 19.5. The molecule has 0 spiro atoms. The minimum Gasteiger partial charge on any atom is -0.449 e. The number of ether oxygens (including phenoxy) is 1. The van der Waals surface area contributed by atoms with E-state index in [0.29, 0.717) is 36.5 Å². The molecule has 0 aliphatic carbocycles. The van der Waals surface area contributed by atoms with E-state index in [2.05, 4.69) is 22.0 Å². The van der Waals surface area contributed by atoms with E-state index < -0.39 is 23.2 Å². The van der Waals surface area contributed by atoms with E-state index in [1.165, 1.54) is 12.3 Å². The first kappa shape index (κ1) is 25.2. The second-order valence-electron chi connectivity index (χ2n) is 9.59. The maximum absolute atomic E-state index is 15.5. The molecule has 0 saturated carbocycles. The molecule has 0 unspecified atom stereocenters. The van der Waals surface area contributed by atoms with Crippen molar-refractivity contribution in [2.45, 2.75) is 6.54 Å². The third-order valence-corrected chi connectivity index (χ3v) is 7.12. The highest BCUT2D eigenvalue weighted by atomic mass is 19.1. The average molecular weight is 540 g/mol. The van der Waals surface area contributed by atoms with Crippen LogP contribution in [0, 0.1) is 5.82 Å². The second kappa shape index (κ2) is 10.6. The van der Waals surface area contributed by atoms with E-state index in [4.69, 9.17) is 4.74 Å². The Balaban J connectivity index is 1.38. The third kappa shape index (κ3) is 4.98. The van der Waals surface area contributed by atoms with Crippen molar-refractivity contribution in [2.24, 2.45) is 0 Å². The number of para-hydroxylation sites is 1. The van der Waals surface area contributed by atoms with E-state index >= 15 is 4.39 Å². The molecule has 0 amide bonds. The van der Waals surface area contributed by atoms with Crippen LogP contribution in [0.15, 0.2) is 96.4 Å². The zero-order chi connectivity index (χ0) is 27.6. The maximum atomic E-state index is 15.5. The average Bonchev–Trinajstić information content (AvgIpc) is 3.48. The molecule has 3 aromatic carbocycles. The quantitative estimate of drug-likeness (QED) is 0.311. The first-order valence-electron chi connectivity index (χ1n) is 12.9. The summed E-state index contributed by atoms with van der Waals surface area (Å²) < 4.78 is 23.9. The van der Waals surface area contributed by atoms with Gasteiger partial charge in [-0.15, -0.1) is 0 Å². The Bertz CT molecular complexity index is 1710. The molecule has 3 heterocycles. The molecular weight excluding hydrogens is 513 g/mol. The van der Waals surface area contributed by atoms with Gasteiger partial charge in [-0.3, -0.25) is 4.79 Å². The van der Waals surface area contributed by atoms with Crippen molar-refractivity contribution < 1.29 is 19.0 Å². The fourth-order valence-electron chi connectivity index (χ4n) is 5.13. The molecule has 1 fully saturated rings. The standard InChI is InChI=1S/C30H26FN5O4/c31-25-16-24-26(17-27(25)35-14-12-34(13-15-35)22-4-2-1-3-5-22)36(19-28(29(24)37)40-30(38)39)23-8-6-21(7-9-23)18-33-11-10-32-20-33/h1-11,16-17,19-20H,12-15,18H2,(H,38,39). The van der Waals surface area contributed by atoms with E-state index in [1.54, 1.807) is 23.2 Å². The minimum atomic E-state index is -1.62. The van der Waals surface area contributed by atoms with E-state index in [0.717, 1.165) is 24.3 Å². The molecule has 2 aromatic heterocycles. The summed E-state index contributed by atoms with van der Waals surface area (Å²) in [6.07, 6.45) is 5.04. The van der Waals surface area contributed by atoms with E-state index in [9.17, 15) is 14.7 Å². The van der Waals surface area contributed by atoms with Crippen molar-refractivity contribution >= 4 is 28.4 Å². The molecule has 6 rings (SSSR count). The van der Waals surface area contributed by atoms with Crippen LogP contribution in [0.5, 0.6) is 5.75 Å². The van der Waals surface area contributed by atoms with Crippen LogP contribution in [0.2, 0.25) is 0 Å². The number of rotatable bonds is 6. The van der Waals surface area contributed by atoms with Gasteiger partial charge in [0.15, 0.2) is 5.75 Å². The first-order valence-corrected chi connectivity index (χ1v) is 12.9. The third-order valence-electron chi connectivity index (χ3n) is 7.12. The Hall–Kier alpha value is -5.12. The number of halogens is 1. The molecule has 1 aliphatic rings. The van der Waals surface area contributed by atoms with Crippen molar-refractivity contribution in [1.29, 1.82) is 0 Å². The highest BCUT2D eigenvalue weighted by Crippen LogP contribution is 2.30. The number of carbonyl (C=O) groups is 1. The number of imidazole rings is 1. The number of hydrogen-bond acceptors (Lipinski definition) is 6. The molecule has 202 valence electrons. The molecule has 1 aliphatic heterocycles. The molecule has 1 N–H and O–H groups in total. The predicted octanol–water partition coefficient (Wildman–Crippen LogP) is 4.76. The van der Waals surface area contributed by atoms with Gasteiger partial charge in [0.2, 0.25) is 5.43 Å². The summed E-state index contributed by atoms with van der Waals surface area (Å²) in [5.74, 6) is -0.946. The molecule has 0 bridgehead atoms. The monoisotopic (exact) mass is 539 g/mol. The molecule has 40 heavy (non-hydrogen) atoms. The normalized spacial score (nSPS) is 13.5. The Labute approximate surface area is 228 Å². The number of carboxylic acid groups (broad SMARTS) is 1. The summed E-state index contributed by atoms with van der Waals surface area (Å²) in [7, 11) is 0. The summed E-state index contributed by atoms with van der Waals surface area (Å²) in [5.41, 5.74) is 2.96. The lowest BCUT2D eigenvalue weighted by molar-refractivity contribution is 0.144. The number of hydrogen-bond donors (Lipinski definition) is 1. The Morgan fingerprint density at radius 1 is 0.950 bits per heavy atom. The molecule has 9 nitrogen and oxygen atoms in total. The zero-order valence-corrected chi connectivity index (χ0v) is 21.5. The summed E-state index contributed by atoms with van der Waals surface area (Å²) in [6.45, 7) is 3.27. The Kier molecular flexibility index (Phi) is 6.65. The predicted molar refractivity (Wildman–Crippen MR) is 150 cm³/mol. The van der Waals surface area contributed by atoms with Crippen LogP contribution in [0.4, 0.5) is 20.6 Å². The van der Waals surface area contributed by atoms with Gasteiger partial charge in [0.25, 0.3) is 0 Å². The lowest BCUT2D eigenvalue weighted by atomic mass is 10.1. The number of piperazine rings is 1. The molecule has 0 radical (unpaired) electrons. The molecule has 1 saturated heterocycles. The van der Waals surface area contributed by atoms with Crippen LogP contribution in [0.1, 0.15) is 5.56 Å². The van der Waals surface area contributed by atoms with Crippen molar-refractivity contribution in [1.82, 2.24) is 14.1 Å². The van der Waals surface area contributed by atoms with Gasteiger partial charge in [-0.25, -0.2) is 14.2 Å². The summed E-state index contributed by atoms with van der Waals surface area (Å²) in [5, 5.41) is 9.23. The van der Waals surface area contributed by atoms with Gasteiger partial charge < -0.3 is 28.8 Å². The highest BCUT2D eigenvalue weighted by molar-refractivity contribution is 5.86. The lowest BCUT2D eigenvalue weighted by Crippen LogP contribution is -2.46. The number of pyridine rings is 1. The van der Waals surface area contributed by atoms with Gasteiger partial charge in [0, 0.05) is 56.5 Å². The van der Waals surface area contributed by atoms with Crippen LogP contribution in [0.3, 0.4) is 0 Å². The number of fused-ring (bicyclic) bond motifs is 1. The zero-order valence-electron chi connectivity index (χ0n) is 21.5. The van der Waals surface area contributed by atoms with Gasteiger partial charge in [-0.1, -0.05) is 30.3 Å². The summed E-state index contributed by atoms with van der Waals surface area (Å²) >= 11 is 0. The Morgan fingerprint density at radius 3 is 2.35 bits per heavy atom. The number of benzene rings is 3. The number of aromatic nitrogens is 3. The molecular formula is C30H26FN5O4. The van der Waals surface area contributed by atoms with Crippen molar-refractivity contribution in [2.75, 3.05) is 36.0 Å². The summed E-state index contributed by atoms with van der Waals surface area (Å²) in [4.78, 5) is 32.7. The van der Waals surface area contributed by atoms with Crippen molar-refractivity contribution in [3.05, 3.63) is 113 Å². The maximum Gasteiger partial charge on any atom is 0.511 e. The van der Waals surface area contributed by atoms with Crippen LogP contribution in [-0.2, 0) is 6.54 Å². The van der Waals surface area contributed by atoms with Crippen LogP contribution < -0.4 is 20.0 Å². The smallest absolute Gasteiger partial charge is 0.449 e. The number of nitrogens with zero attached hydrogens (tertiary/aromatic N) is 5. The topological polar surface area (TPSA) is 92.8 Å².